The molecule has 4 unspecified atom stereocenters. The molecule has 7 N–H and O–H groups in total. The highest BCUT2D eigenvalue weighted by Crippen LogP contribution is 2.68. The molecule has 10 heteroatoms. The van der Waals surface area contributed by atoms with Gasteiger partial charge in [-0.2, -0.15) is 0 Å². The van der Waals surface area contributed by atoms with E-state index in [1.165, 1.54) is 0 Å². The molecule has 1 saturated heterocycles. The lowest BCUT2D eigenvalue weighted by molar-refractivity contribution is -0.316. The van der Waals surface area contributed by atoms with E-state index in [0.29, 0.717) is 30.8 Å². The first-order chi connectivity index (χ1) is 20.9. The zero-order valence-corrected chi connectivity index (χ0v) is 27.9. The number of Topliss-reactive ketones (excluding diaryl/α,β-unsaturated/α-hetero) is 1. The molecule has 4 saturated carbocycles. The smallest absolute Gasteiger partial charge is 0.187 e. The second kappa shape index (κ2) is 12.5. The molecular weight excluding hydrogens is 580 g/mol. The molecule has 5 fully saturated rings. The van der Waals surface area contributed by atoms with E-state index in [2.05, 4.69) is 20.4 Å². The van der Waals surface area contributed by atoms with Gasteiger partial charge >= 0.3 is 0 Å². The number of fused-ring (bicyclic) bond motifs is 5. The maximum absolute atomic E-state index is 13.6. The van der Waals surface area contributed by atoms with Crippen LogP contribution in [0.1, 0.15) is 86.5 Å². The summed E-state index contributed by atoms with van der Waals surface area (Å²) in [6.07, 6.45) is -5.95. The van der Waals surface area contributed by atoms with Crippen LogP contribution in [-0.4, -0.2) is 103 Å². The van der Waals surface area contributed by atoms with E-state index in [4.69, 9.17) is 9.47 Å². The summed E-state index contributed by atoms with van der Waals surface area (Å²) < 4.78 is 11.9. The SMILES string of the molecule is C=C([C@@H](O[C@@H]1O[C@H](CO)[C@@H](O)[C@H](O)[C@H]1O)[C@H](O)[C@@H](C)[C@H]1CCC2C3CC(=O)C4C[C@H](O)[C@H](O)C[C@]4(C)C3CC[C@@]21C)C(C)(C)C. The second-order valence-corrected chi connectivity index (χ2v) is 16.8. The Hall–Kier alpha value is -0.950. The van der Waals surface area contributed by atoms with Gasteiger partial charge in [-0.25, -0.2) is 0 Å². The Bertz CT molecular complexity index is 1100. The van der Waals surface area contributed by atoms with Gasteiger partial charge in [-0.15, -0.1) is 0 Å². The van der Waals surface area contributed by atoms with E-state index in [1.807, 2.05) is 27.7 Å². The molecule has 0 radical (unpaired) electrons. The van der Waals surface area contributed by atoms with E-state index in [1.54, 1.807) is 0 Å². The molecule has 5 rings (SSSR count). The maximum atomic E-state index is 13.6. The standard InChI is InChI=1S/C35H58O10/c1-16(27(40)31(17(2)33(3,4)5)45-32-30(43)29(42)28(41)26(15-36)44-32)19-8-9-20-18-12-23(37)22-13-24(38)25(39)14-35(22,7)21(18)10-11-34(19,20)6/h16,18-22,24-32,36,38-43H,2,8-15H2,1,3-7H3/t16-,18?,19+,20?,21?,22?,24-,25+,26+,27+,28+,29-,30+,31+,32-,34+,35+/m0/s1. The van der Waals surface area contributed by atoms with Gasteiger partial charge in [-0.1, -0.05) is 48.1 Å². The minimum absolute atomic E-state index is 0.117. The lowest BCUT2D eigenvalue weighted by Crippen LogP contribution is -2.61. The molecule has 17 atom stereocenters. The van der Waals surface area contributed by atoms with Gasteiger partial charge in [0.15, 0.2) is 6.29 Å². The molecule has 0 aromatic rings. The first kappa shape index (κ1) is 35.4. The predicted octanol–water partition coefficient (Wildman–Crippen LogP) is 1.94. The second-order valence-electron chi connectivity index (χ2n) is 16.8. The summed E-state index contributed by atoms with van der Waals surface area (Å²) in [5.74, 6) is 0.633. The molecule has 0 aromatic heterocycles. The Morgan fingerprint density at radius 3 is 2.27 bits per heavy atom. The molecule has 1 aliphatic heterocycles. The first-order valence-electron chi connectivity index (χ1n) is 17.1. The zero-order chi connectivity index (χ0) is 33.4. The molecule has 258 valence electrons. The summed E-state index contributed by atoms with van der Waals surface area (Å²) in [5, 5.41) is 74.2. The van der Waals surface area contributed by atoms with Crippen molar-refractivity contribution in [3.05, 3.63) is 12.2 Å². The van der Waals surface area contributed by atoms with Crippen molar-refractivity contribution in [1.29, 1.82) is 0 Å². The first-order valence-corrected chi connectivity index (χ1v) is 17.1. The van der Waals surface area contributed by atoms with Crippen molar-refractivity contribution in [2.24, 2.45) is 51.8 Å². The van der Waals surface area contributed by atoms with Crippen molar-refractivity contribution >= 4 is 5.78 Å². The molecular formula is C35H58O10. The molecule has 0 amide bonds. The third-order valence-electron chi connectivity index (χ3n) is 13.5. The van der Waals surface area contributed by atoms with Crippen molar-refractivity contribution in [3.8, 4) is 0 Å². The fourth-order valence-corrected chi connectivity index (χ4v) is 10.6. The van der Waals surface area contributed by atoms with Crippen LogP contribution in [0.5, 0.6) is 0 Å². The number of hydrogen-bond acceptors (Lipinski definition) is 10. The number of carbonyl (C=O) groups excluding carboxylic acids is 1. The minimum Gasteiger partial charge on any atom is -0.394 e. The van der Waals surface area contributed by atoms with Crippen LogP contribution in [0.3, 0.4) is 0 Å². The molecule has 45 heavy (non-hydrogen) atoms. The Kier molecular flexibility index (Phi) is 9.82. The minimum atomic E-state index is -1.60. The van der Waals surface area contributed by atoms with Crippen LogP contribution in [0, 0.1) is 51.8 Å². The van der Waals surface area contributed by atoms with E-state index in [9.17, 15) is 40.5 Å². The topological polar surface area (TPSA) is 177 Å². The molecule has 1 heterocycles. The number of carbonyl (C=O) groups is 1. The van der Waals surface area contributed by atoms with Gasteiger partial charge in [-0.3, -0.25) is 4.79 Å². The summed E-state index contributed by atoms with van der Waals surface area (Å²) in [5.41, 5.74) is -0.351. The number of hydrogen-bond donors (Lipinski definition) is 7. The van der Waals surface area contributed by atoms with Crippen molar-refractivity contribution in [2.45, 2.75) is 142 Å². The third kappa shape index (κ3) is 5.88. The van der Waals surface area contributed by atoms with Crippen molar-refractivity contribution in [1.82, 2.24) is 0 Å². The summed E-state index contributed by atoms with van der Waals surface area (Å²) in [7, 11) is 0. The number of aliphatic hydroxyl groups excluding tert-OH is 7. The third-order valence-corrected chi connectivity index (χ3v) is 13.5. The van der Waals surface area contributed by atoms with E-state index < -0.39 is 67.1 Å². The highest BCUT2D eigenvalue weighted by molar-refractivity contribution is 5.83. The van der Waals surface area contributed by atoms with Crippen molar-refractivity contribution < 1.29 is 50.0 Å². The average Bonchev–Trinajstić information content (AvgIpc) is 3.33. The molecule has 4 aliphatic carbocycles. The highest BCUT2D eigenvalue weighted by Gasteiger charge is 2.64. The van der Waals surface area contributed by atoms with Crippen LogP contribution in [-0.2, 0) is 14.3 Å². The Morgan fingerprint density at radius 2 is 1.64 bits per heavy atom. The summed E-state index contributed by atoms with van der Waals surface area (Å²) in [6, 6.07) is 0. The van der Waals surface area contributed by atoms with Gasteiger partial charge in [0.2, 0.25) is 0 Å². The molecule has 5 aliphatic rings. The number of ketones is 1. The van der Waals surface area contributed by atoms with E-state index in [-0.39, 0.29) is 46.2 Å². The summed E-state index contributed by atoms with van der Waals surface area (Å²) in [6.45, 7) is 16.1. The summed E-state index contributed by atoms with van der Waals surface area (Å²) >= 11 is 0. The van der Waals surface area contributed by atoms with Crippen molar-refractivity contribution in [3.63, 3.8) is 0 Å². The monoisotopic (exact) mass is 638 g/mol. The normalized spacial score (nSPS) is 49.0. The lowest BCUT2D eigenvalue weighted by Gasteiger charge is -2.61. The predicted molar refractivity (Wildman–Crippen MR) is 165 cm³/mol. The van der Waals surface area contributed by atoms with Gasteiger partial charge in [0.1, 0.15) is 36.3 Å². The number of ether oxygens (including phenoxy) is 2. The maximum Gasteiger partial charge on any atom is 0.187 e. The highest BCUT2D eigenvalue weighted by atomic mass is 16.7. The van der Waals surface area contributed by atoms with Gasteiger partial charge in [0, 0.05) is 12.3 Å². The number of aliphatic hydroxyl groups is 7. The van der Waals surface area contributed by atoms with E-state index in [0.717, 1.165) is 25.7 Å². The van der Waals surface area contributed by atoms with Crippen molar-refractivity contribution in [2.75, 3.05) is 6.61 Å². The van der Waals surface area contributed by atoms with Gasteiger partial charge in [0.25, 0.3) is 0 Å². The van der Waals surface area contributed by atoms with Crippen LogP contribution in [0.4, 0.5) is 0 Å². The van der Waals surface area contributed by atoms with Gasteiger partial charge in [0.05, 0.1) is 24.9 Å². The molecule has 0 spiro atoms. The molecule has 0 bridgehead atoms. The fraction of sp³-hybridized carbons (Fsp3) is 0.914. The quantitative estimate of drug-likeness (QED) is 0.204. The van der Waals surface area contributed by atoms with Crippen LogP contribution < -0.4 is 0 Å². The van der Waals surface area contributed by atoms with E-state index >= 15 is 0 Å². The fourth-order valence-electron chi connectivity index (χ4n) is 10.6. The average molecular weight is 639 g/mol. The largest absolute Gasteiger partial charge is 0.394 e. The van der Waals surface area contributed by atoms with Crippen LogP contribution in [0.2, 0.25) is 0 Å². The Morgan fingerprint density at radius 1 is 1.00 bits per heavy atom. The van der Waals surface area contributed by atoms with Gasteiger partial charge in [-0.05, 0) is 89.9 Å². The summed E-state index contributed by atoms with van der Waals surface area (Å²) in [4.78, 5) is 13.6. The van der Waals surface area contributed by atoms with Crippen LogP contribution in [0.15, 0.2) is 12.2 Å². The van der Waals surface area contributed by atoms with Crippen LogP contribution >= 0.6 is 0 Å². The number of rotatable bonds is 7. The Labute approximate surface area is 267 Å². The Balaban J connectivity index is 1.38. The molecule has 0 aromatic carbocycles. The van der Waals surface area contributed by atoms with Gasteiger partial charge < -0.3 is 45.2 Å². The zero-order valence-electron chi connectivity index (χ0n) is 27.9. The van der Waals surface area contributed by atoms with Crippen LogP contribution in [0.25, 0.3) is 0 Å². The molecule has 10 nitrogen and oxygen atoms in total. The lowest BCUT2D eigenvalue weighted by atomic mass is 9.44.